The van der Waals surface area contributed by atoms with E-state index >= 15 is 0 Å². The largest absolute Gasteiger partial charge is 0.508 e. The van der Waals surface area contributed by atoms with Crippen molar-refractivity contribution in [2.75, 3.05) is 7.11 Å². The van der Waals surface area contributed by atoms with Gasteiger partial charge in [0.15, 0.2) is 5.78 Å². The first-order valence-corrected chi connectivity index (χ1v) is 8.43. The maximum atomic E-state index is 11.9. The molecular weight excluding hydrogens is 290 g/mol. The number of benzene rings is 1. The lowest BCUT2D eigenvalue weighted by Crippen LogP contribution is -2.46. The molecule has 0 aromatic heterocycles. The van der Waals surface area contributed by atoms with Crippen LogP contribution in [0, 0.1) is 22.7 Å². The van der Waals surface area contributed by atoms with Gasteiger partial charge in [0.2, 0.25) is 0 Å². The highest BCUT2D eigenvalue weighted by Crippen LogP contribution is 2.52. The van der Waals surface area contributed by atoms with E-state index in [9.17, 15) is 9.90 Å². The number of fused-ring (bicyclic) bond motifs is 1. The van der Waals surface area contributed by atoms with E-state index in [1.165, 1.54) is 0 Å². The Morgan fingerprint density at radius 2 is 2.17 bits per heavy atom. The first-order chi connectivity index (χ1) is 11.0. The Bertz CT molecular complexity index is 640. The second-order valence-electron chi connectivity index (χ2n) is 7.27. The van der Waals surface area contributed by atoms with Crippen LogP contribution < -0.4 is 4.74 Å². The van der Waals surface area contributed by atoms with Crippen LogP contribution in [0.25, 0.3) is 0 Å². The summed E-state index contributed by atoms with van der Waals surface area (Å²) in [6.45, 7) is 2.25. The fourth-order valence-electron chi connectivity index (χ4n) is 4.67. The molecule has 2 N–H and O–H groups in total. The molecule has 124 valence electrons. The lowest BCUT2D eigenvalue weighted by Gasteiger charge is -2.48. The summed E-state index contributed by atoms with van der Waals surface area (Å²) in [5, 5.41) is 18.5. The van der Waals surface area contributed by atoms with Crippen LogP contribution in [0.2, 0.25) is 0 Å². The summed E-state index contributed by atoms with van der Waals surface area (Å²) in [5.41, 5.74) is 1.17. The maximum Gasteiger partial charge on any atom is 0.176 e. The fourth-order valence-corrected chi connectivity index (χ4v) is 4.67. The van der Waals surface area contributed by atoms with Gasteiger partial charge in [0.1, 0.15) is 11.5 Å². The van der Waals surface area contributed by atoms with E-state index in [4.69, 9.17) is 10.1 Å². The molecule has 3 unspecified atom stereocenters. The van der Waals surface area contributed by atoms with Gasteiger partial charge >= 0.3 is 0 Å². The third-order valence-electron chi connectivity index (χ3n) is 5.91. The van der Waals surface area contributed by atoms with Crippen molar-refractivity contribution in [1.29, 1.82) is 5.41 Å². The van der Waals surface area contributed by atoms with E-state index in [2.05, 4.69) is 6.92 Å². The number of hydrogen-bond donors (Lipinski definition) is 2. The van der Waals surface area contributed by atoms with Crippen molar-refractivity contribution in [2.45, 2.75) is 45.4 Å². The number of phenolic OH excluding ortho intramolecular Hbond substituents is 1. The first-order valence-electron chi connectivity index (χ1n) is 8.43. The molecule has 23 heavy (non-hydrogen) atoms. The molecule has 0 spiro atoms. The molecule has 4 nitrogen and oxygen atoms in total. The number of ether oxygens (including phenoxy) is 1. The third-order valence-corrected chi connectivity index (χ3v) is 5.91. The van der Waals surface area contributed by atoms with Crippen molar-refractivity contribution < 1.29 is 14.6 Å². The maximum absolute atomic E-state index is 11.9. The highest BCUT2D eigenvalue weighted by molar-refractivity contribution is 6.39. The SMILES string of the molecule is COc1cccc(O)c1CC1(C)CCCC2C(=N)C(=O)CCC21. The van der Waals surface area contributed by atoms with Crippen LogP contribution >= 0.6 is 0 Å². The van der Waals surface area contributed by atoms with Gasteiger partial charge in [0, 0.05) is 17.9 Å². The van der Waals surface area contributed by atoms with Crippen LogP contribution in [-0.4, -0.2) is 23.7 Å². The number of aromatic hydroxyl groups is 1. The Balaban J connectivity index is 1.92. The molecular formula is C19H25NO3. The van der Waals surface area contributed by atoms with Crippen molar-refractivity contribution in [2.24, 2.45) is 17.3 Å². The molecule has 2 aliphatic rings. The van der Waals surface area contributed by atoms with Crippen molar-refractivity contribution >= 4 is 11.5 Å². The number of hydrogen-bond acceptors (Lipinski definition) is 4. The lowest BCUT2D eigenvalue weighted by molar-refractivity contribution is -0.115. The van der Waals surface area contributed by atoms with E-state index in [-0.39, 0.29) is 22.9 Å². The minimum absolute atomic E-state index is 0.0119. The molecule has 0 bridgehead atoms. The molecule has 2 aliphatic carbocycles. The van der Waals surface area contributed by atoms with Gasteiger partial charge in [-0.25, -0.2) is 0 Å². The Kier molecular flexibility index (Phi) is 4.17. The first kappa shape index (κ1) is 16.0. The van der Waals surface area contributed by atoms with Gasteiger partial charge in [-0.1, -0.05) is 19.4 Å². The molecule has 0 amide bonds. The Morgan fingerprint density at radius 3 is 2.91 bits per heavy atom. The quantitative estimate of drug-likeness (QED) is 0.892. The zero-order valence-electron chi connectivity index (χ0n) is 13.9. The highest BCUT2D eigenvalue weighted by atomic mass is 16.5. The zero-order chi connectivity index (χ0) is 16.6. The number of carbonyl (C=O) groups excluding carboxylic acids is 1. The molecule has 2 saturated carbocycles. The van der Waals surface area contributed by atoms with Gasteiger partial charge < -0.3 is 15.3 Å². The molecule has 0 aliphatic heterocycles. The van der Waals surface area contributed by atoms with E-state index in [1.807, 2.05) is 6.07 Å². The smallest absolute Gasteiger partial charge is 0.176 e. The summed E-state index contributed by atoms with van der Waals surface area (Å²) in [6.07, 6.45) is 5.12. The molecule has 0 radical (unpaired) electrons. The number of methoxy groups -OCH3 is 1. The summed E-state index contributed by atoms with van der Waals surface area (Å²) < 4.78 is 5.43. The van der Waals surface area contributed by atoms with Crippen LogP contribution in [0.4, 0.5) is 0 Å². The lowest BCUT2D eigenvalue weighted by atomic mass is 9.55. The second kappa shape index (κ2) is 5.99. The van der Waals surface area contributed by atoms with Gasteiger partial charge in [-0.05, 0) is 49.1 Å². The Morgan fingerprint density at radius 1 is 1.39 bits per heavy atom. The van der Waals surface area contributed by atoms with E-state index in [0.717, 1.165) is 43.4 Å². The summed E-state index contributed by atoms with van der Waals surface area (Å²) >= 11 is 0. The van der Waals surface area contributed by atoms with E-state index in [1.54, 1.807) is 19.2 Å². The number of ketones is 1. The van der Waals surface area contributed by atoms with Gasteiger partial charge in [0.05, 0.1) is 12.8 Å². The molecule has 2 fully saturated rings. The molecule has 1 aromatic rings. The number of rotatable bonds is 3. The number of nitrogens with one attached hydrogen (secondary N) is 1. The molecule has 4 heteroatoms. The monoisotopic (exact) mass is 315 g/mol. The second-order valence-corrected chi connectivity index (χ2v) is 7.27. The average Bonchev–Trinajstić information content (AvgIpc) is 2.53. The minimum atomic E-state index is -0.0119. The highest BCUT2D eigenvalue weighted by Gasteiger charge is 2.47. The van der Waals surface area contributed by atoms with Crippen LogP contribution in [0.1, 0.15) is 44.6 Å². The van der Waals surface area contributed by atoms with Crippen molar-refractivity contribution in [3.05, 3.63) is 23.8 Å². The number of phenols is 1. The normalized spacial score (nSPS) is 30.9. The molecule has 0 heterocycles. The van der Waals surface area contributed by atoms with E-state index < -0.39 is 0 Å². The third kappa shape index (κ3) is 2.75. The van der Waals surface area contributed by atoms with Crippen molar-refractivity contribution in [1.82, 2.24) is 0 Å². The number of Topliss-reactive ketones (excluding diaryl/α,β-unsaturated/α-hetero) is 1. The predicted molar refractivity (Wildman–Crippen MR) is 89.3 cm³/mol. The van der Waals surface area contributed by atoms with Crippen LogP contribution in [0.5, 0.6) is 11.5 Å². The molecule has 0 saturated heterocycles. The van der Waals surface area contributed by atoms with Crippen LogP contribution in [-0.2, 0) is 11.2 Å². The topological polar surface area (TPSA) is 70.4 Å². The Hall–Kier alpha value is -1.84. The number of carbonyl (C=O) groups is 1. The Labute approximate surface area is 137 Å². The molecule has 3 atom stereocenters. The molecule has 3 rings (SSSR count). The summed E-state index contributed by atoms with van der Waals surface area (Å²) in [5.74, 6) is 1.44. The van der Waals surface area contributed by atoms with E-state index in [0.29, 0.717) is 18.1 Å². The summed E-state index contributed by atoms with van der Waals surface area (Å²) in [7, 11) is 1.62. The molecule has 1 aromatic carbocycles. The van der Waals surface area contributed by atoms with Crippen LogP contribution in [0.15, 0.2) is 18.2 Å². The minimum Gasteiger partial charge on any atom is -0.508 e. The van der Waals surface area contributed by atoms with Gasteiger partial charge in [-0.2, -0.15) is 0 Å². The summed E-state index contributed by atoms with van der Waals surface area (Å²) in [4.78, 5) is 11.9. The zero-order valence-corrected chi connectivity index (χ0v) is 13.9. The van der Waals surface area contributed by atoms with Crippen molar-refractivity contribution in [3.63, 3.8) is 0 Å². The summed E-state index contributed by atoms with van der Waals surface area (Å²) in [6, 6.07) is 5.37. The van der Waals surface area contributed by atoms with Gasteiger partial charge in [-0.3, -0.25) is 4.79 Å². The average molecular weight is 315 g/mol. The standard InChI is InChI=1S/C19H25NO3/c1-19(11-13-15(21)6-3-7-17(13)23-2)10-4-5-12-14(19)8-9-16(22)18(12)20/h3,6-7,12,14,20-21H,4-5,8-11H2,1-2H3. The predicted octanol–water partition coefficient (Wildman–Crippen LogP) is 3.75. The van der Waals surface area contributed by atoms with Crippen LogP contribution in [0.3, 0.4) is 0 Å². The van der Waals surface area contributed by atoms with Crippen molar-refractivity contribution in [3.8, 4) is 11.5 Å². The fraction of sp³-hybridized carbons (Fsp3) is 0.579. The van der Waals surface area contributed by atoms with Gasteiger partial charge in [-0.15, -0.1) is 0 Å². The van der Waals surface area contributed by atoms with Gasteiger partial charge in [0.25, 0.3) is 0 Å².